The van der Waals surface area contributed by atoms with Crippen molar-refractivity contribution in [2.45, 2.75) is 0 Å². The summed E-state index contributed by atoms with van der Waals surface area (Å²) in [4.78, 5) is 5.06. The highest BCUT2D eigenvalue weighted by molar-refractivity contribution is 6.15. The number of hydrogen-bond acceptors (Lipinski definition) is 1. The van der Waals surface area contributed by atoms with Crippen LogP contribution >= 0.6 is 0 Å². The number of rotatable bonds is 2. The van der Waals surface area contributed by atoms with Gasteiger partial charge < -0.3 is 4.57 Å². The Labute approximate surface area is 214 Å². The number of aromatic nitrogens is 2. The Hall–Kier alpha value is -4.95. The molecule has 8 rings (SSSR count). The molecule has 0 radical (unpaired) electrons. The lowest BCUT2D eigenvalue weighted by atomic mass is 9.94. The van der Waals surface area contributed by atoms with E-state index in [0.29, 0.717) is 0 Å². The molecule has 2 heterocycles. The number of nitrogens with zero attached hydrogens (tertiary/aromatic N) is 2. The van der Waals surface area contributed by atoms with Crippen molar-refractivity contribution in [3.8, 4) is 16.8 Å². The van der Waals surface area contributed by atoms with E-state index in [1.807, 2.05) is 0 Å². The van der Waals surface area contributed by atoms with Crippen LogP contribution in [0, 0.1) is 0 Å². The van der Waals surface area contributed by atoms with E-state index in [4.69, 9.17) is 4.98 Å². The lowest BCUT2D eigenvalue weighted by Gasteiger charge is -2.14. The van der Waals surface area contributed by atoms with Crippen molar-refractivity contribution >= 4 is 54.4 Å². The van der Waals surface area contributed by atoms with Gasteiger partial charge in [0, 0.05) is 27.2 Å². The molecule has 172 valence electrons. The minimum atomic E-state index is 1.02. The first kappa shape index (κ1) is 20.3. The van der Waals surface area contributed by atoms with Crippen LogP contribution in [0.25, 0.3) is 71.2 Å². The summed E-state index contributed by atoms with van der Waals surface area (Å²) in [5.74, 6) is 0. The Balaban J connectivity index is 1.42. The first-order valence-corrected chi connectivity index (χ1v) is 12.7. The van der Waals surface area contributed by atoms with Crippen LogP contribution in [0.1, 0.15) is 0 Å². The molecule has 0 aliphatic heterocycles. The fraction of sp³-hybridized carbons (Fsp3) is 0. The van der Waals surface area contributed by atoms with Crippen molar-refractivity contribution in [2.75, 3.05) is 0 Å². The van der Waals surface area contributed by atoms with Gasteiger partial charge in [-0.25, -0.2) is 4.98 Å². The van der Waals surface area contributed by atoms with E-state index in [1.54, 1.807) is 0 Å². The second-order valence-corrected chi connectivity index (χ2v) is 9.64. The quantitative estimate of drug-likeness (QED) is 0.182. The molecule has 0 aliphatic carbocycles. The molecule has 0 aliphatic rings. The van der Waals surface area contributed by atoms with Crippen LogP contribution in [0.4, 0.5) is 0 Å². The smallest absolute Gasteiger partial charge is 0.0722 e. The number of para-hydroxylation sites is 3. The lowest BCUT2D eigenvalue weighted by molar-refractivity contribution is 1.18. The lowest BCUT2D eigenvalue weighted by Crippen LogP contribution is -1.94. The molecule has 0 atom stereocenters. The Morgan fingerprint density at radius 2 is 1.08 bits per heavy atom. The van der Waals surface area contributed by atoms with Crippen LogP contribution < -0.4 is 0 Å². The monoisotopic (exact) mass is 470 g/mol. The Morgan fingerprint density at radius 1 is 0.432 bits per heavy atom. The van der Waals surface area contributed by atoms with Crippen LogP contribution in [0.15, 0.2) is 133 Å². The molecule has 2 aromatic heterocycles. The molecular weight excluding hydrogens is 448 g/mol. The number of hydrogen-bond donors (Lipinski definition) is 0. The van der Waals surface area contributed by atoms with Gasteiger partial charge in [-0.15, -0.1) is 0 Å². The molecule has 0 saturated heterocycles. The van der Waals surface area contributed by atoms with E-state index in [2.05, 4.69) is 138 Å². The van der Waals surface area contributed by atoms with Gasteiger partial charge in [-0.3, -0.25) is 0 Å². The normalized spacial score (nSPS) is 11.8. The maximum absolute atomic E-state index is 5.06. The van der Waals surface area contributed by atoms with E-state index in [-0.39, 0.29) is 0 Å². The Kier molecular flexibility index (Phi) is 4.26. The van der Waals surface area contributed by atoms with Gasteiger partial charge in [-0.2, -0.15) is 0 Å². The minimum Gasteiger partial charge on any atom is -0.309 e. The van der Waals surface area contributed by atoms with E-state index in [9.17, 15) is 0 Å². The van der Waals surface area contributed by atoms with Crippen LogP contribution in [-0.2, 0) is 0 Å². The topological polar surface area (TPSA) is 17.8 Å². The predicted molar refractivity (Wildman–Crippen MR) is 157 cm³/mol. The summed E-state index contributed by atoms with van der Waals surface area (Å²) in [6, 6.07) is 47.8. The van der Waals surface area contributed by atoms with Crippen molar-refractivity contribution < 1.29 is 0 Å². The summed E-state index contributed by atoms with van der Waals surface area (Å²) >= 11 is 0. The zero-order valence-electron chi connectivity index (χ0n) is 20.1. The summed E-state index contributed by atoms with van der Waals surface area (Å²) in [5.41, 5.74) is 8.03. The summed E-state index contributed by atoms with van der Waals surface area (Å²) in [6.07, 6.45) is 0. The summed E-state index contributed by atoms with van der Waals surface area (Å²) in [5, 5.41) is 7.38. The third-order valence-electron chi connectivity index (χ3n) is 7.54. The molecule has 0 amide bonds. The fourth-order valence-corrected chi connectivity index (χ4v) is 5.88. The fourth-order valence-electron chi connectivity index (χ4n) is 5.88. The zero-order chi connectivity index (χ0) is 24.3. The van der Waals surface area contributed by atoms with E-state index < -0.39 is 0 Å². The second-order valence-electron chi connectivity index (χ2n) is 9.64. The highest BCUT2D eigenvalue weighted by Crippen LogP contribution is 2.37. The third kappa shape index (κ3) is 3.03. The van der Waals surface area contributed by atoms with Gasteiger partial charge in [-0.1, -0.05) is 91.0 Å². The van der Waals surface area contributed by atoms with Gasteiger partial charge in [0.1, 0.15) is 0 Å². The summed E-state index contributed by atoms with van der Waals surface area (Å²) in [6.45, 7) is 0. The zero-order valence-corrected chi connectivity index (χ0v) is 20.1. The number of benzene rings is 6. The first-order chi connectivity index (χ1) is 18.3. The SMILES string of the molecule is c1cc(-c2cc3nc4ccccc4cc3c3ccccc23)cc(-n2c3ccccc3c3ccccc32)c1. The average Bonchev–Trinajstić information content (AvgIpc) is 3.30. The summed E-state index contributed by atoms with van der Waals surface area (Å²) < 4.78 is 2.38. The van der Waals surface area contributed by atoms with E-state index >= 15 is 0 Å². The van der Waals surface area contributed by atoms with Crippen LogP contribution in [0.5, 0.6) is 0 Å². The Bertz CT molecular complexity index is 2100. The largest absolute Gasteiger partial charge is 0.309 e. The number of fused-ring (bicyclic) bond motifs is 7. The molecule has 37 heavy (non-hydrogen) atoms. The molecule has 0 bridgehead atoms. The van der Waals surface area contributed by atoms with Crippen LogP contribution in [0.3, 0.4) is 0 Å². The molecule has 2 nitrogen and oxygen atoms in total. The predicted octanol–water partition coefficient (Wildman–Crippen LogP) is 9.31. The third-order valence-corrected chi connectivity index (χ3v) is 7.54. The van der Waals surface area contributed by atoms with Crippen molar-refractivity contribution in [3.63, 3.8) is 0 Å². The van der Waals surface area contributed by atoms with Crippen LogP contribution in [-0.4, -0.2) is 9.55 Å². The standard InChI is InChI=1S/C35H22N2/c1-6-17-32-24(10-1)21-31-27-14-3-2-13-26(27)30(22-33(31)36-32)23-11-9-12-25(20-23)37-34-18-7-4-15-28(34)29-16-5-8-19-35(29)37/h1-22H. The van der Waals surface area contributed by atoms with Crippen molar-refractivity contribution in [2.24, 2.45) is 0 Å². The van der Waals surface area contributed by atoms with E-state index in [0.717, 1.165) is 16.7 Å². The van der Waals surface area contributed by atoms with Gasteiger partial charge >= 0.3 is 0 Å². The molecule has 0 spiro atoms. The highest BCUT2D eigenvalue weighted by atomic mass is 15.0. The molecule has 0 fully saturated rings. The molecule has 0 N–H and O–H groups in total. The molecule has 0 saturated carbocycles. The minimum absolute atomic E-state index is 1.02. The number of pyridine rings is 1. The Morgan fingerprint density at radius 3 is 1.86 bits per heavy atom. The van der Waals surface area contributed by atoms with Crippen molar-refractivity contribution in [3.05, 3.63) is 133 Å². The molecule has 2 heteroatoms. The van der Waals surface area contributed by atoms with Gasteiger partial charge in [0.15, 0.2) is 0 Å². The molecule has 6 aromatic carbocycles. The van der Waals surface area contributed by atoms with Crippen molar-refractivity contribution in [1.29, 1.82) is 0 Å². The second kappa shape index (κ2) is 7.78. The molecule has 0 unspecified atom stereocenters. The average molecular weight is 471 g/mol. The van der Waals surface area contributed by atoms with Gasteiger partial charge in [0.05, 0.1) is 22.1 Å². The van der Waals surface area contributed by atoms with Gasteiger partial charge in [0.2, 0.25) is 0 Å². The van der Waals surface area contributed by atoms with Crippen molar-refractivity contribution in [1.82, 2.24) is 9.55 Å². The van der Waals surface area contributed by atoms with Crippen LogP contribution in [0.2, 0.25) is 0 Å². The first-order valence-electron chi connectivity index (χ1n) is 12.7. The summed E-state index contributed by atoms with van der Waals surface area (Å²) in [7, 11) is 0. The molecule has 8 aromatic rings. The maximum Gasteiger partial charge on any atom is 0.0722 e. The maximum atomic E-state index is 5.06. The van der Waals surface area contributed by atoms with E-state index in [1.165, 1.54) is 54.5 Å². The molecular formula is C35H22N2. The van der Waals surface area contributed by atoms with Gasteiger partial charge in [0.25, 0.3) is 0 Å². The van der Waals surface area contributed by atoms with Gasteiger partial charge in [-0.05, 0) is 64.4 Å². The highest BCUT2D eigenvalue weighted by Gasteiger charge is 2.14.